The van der Waals surface area contributed by atoms with Crippen molar-refractivity contribution in [3.8, 4) is 17.6 Å². The SMILES string of the molecule is CCc1cc(N2CCN(c3ncccc3C#N)CC2)nc(-c2ccccn2)n1. The minimum absolute atomic E-state index is 0.615. The lowest BCUT2D eigenvalue weighted by atomic mass is 10.2. The first-order chi connectivity index (χ1) is 13.8. The molecule has 0 N–H and O–H groups in total. The Hall–Kier alpha value is -3.53. The summed E-state index contributed by atoms with van der Waals surface area (Å²) >= 11 is 0. The second kappa shape index (κ2) is 8.01. The van der Waals surface area contributed by atoms with Crippen LogP contribution in [0.5, 0.6) is 0 Å². The highest BCUT2D eigenvalue weighted by molar-refractivity contribution is 5.57. The summed E-state index contributed by atoms with van der Waals surface area (Å²) in [6.07, 6.45) is 4.34. The topological polar surface area (TPSA) is 81.8 Å². The van der Waals surface area contributed by atoms with Crippen LogP contribution in [0.3, 0.4) is 0 Å². The molecule has 3 aromatic rings. The van der Waals surface area contributed by atoms with E-state index in [1.807, 2.05) is 24.3 Å². The fraction of sp³-hybridized carbons (Fsp3) is 0.286. The second-order valence-electron chi connectivity index (χ2n) is 6.57. The summed E-state index contributed by atoms with van der Waals surface area (Å²) in [5, 5.41) is 9.33. The fourth-order valence-corrected chi connectivity index (χ4v) is 3.32. The zero-order chi connectivity index (χ0) is 19.3. The molecule has 0 aromatic carbocycles. The van der Waals surface area contributed by atoms with Crippen LogP contribution in [-0.4, -0.2) is 46.1 Å². The average molecular weight is 371 g/mol. The molecule has 4 heterocycles. The number of anilines is 2. The van der Waals surface area contributed by atoms with Crippen molar-refractivity contribution in [2.75, 3.05) is 36.0 Å². The fourth-order valence-electron chi connectivity index (χ4n) is 3.32. The van der Waals surface area contributed by atoms with Gasteiger partial charge in [-0.3, -0.25) is 4.98 Å². The van der Waals surface area contributed by atoms with Gasteiger partial charge in [-0.15, -0.1) is 0 Å². The summed E-state index contributed by atoms with van der Waals surface area (Å²) in [6, 6.07) is 13.7. The van der Waals surface area contributed by atoms with Gasteiger partial charge in [-0.05, 0) is 30.7 Å². The highest BCUT2D eigenvalue weighted by Crippen LogP contribution is 2.23. The molecular weight excluding hydrogens is 350 g/mol. The Labute approximate surface area is 164 Å². The van der Waals surface area contributed by atoms with Gasteiger partial charge in [0.1, 0.15) is 23.4 Å². The van der Waals surface area contributed by atoms with E-state index in [1.165, 1.54) is 0 Å². The molecule has 0 bridgehead atoms. The number of aromatic nitrogens is 4. The Morgan fingerprint density at radius 3 is 2.46 bits per heavy atom. The number of hydrogen-bond acceptors (Lipinski definition) is 7. The molecule has 0 unspecified atom stereocenters. The maximum atomic E-state index is 9.33. The third-order valence-corrected chi connectivity index (χ3v) is 4.83. The maximum Gasteiger partial charge on any atom is 0.180 e. The lowest BCUT2D eigenvalue weighted by molar-refractivity contribution is 0.640. The van der Waals surface area contributed by atoms with Crippen molar-refractivity contribution >= 4 is 11.6 Å². The van der Waals surface area contributed by atoms with Crippen molar-refractivity contribution in [2.24, 2.45) is 0 Å². The minimum atomic E-state index is 0.615. The zero-order valence-corrected chi connectivity index (χ0v) is 15.8. The predicted molar refractivity (Wildman–Crippen MR) is 108 cm³/mol. The quantitative estimate of drug-likeness (QED) is 0.697. The monoisotopic (exact) mass is 371 g/mol. The van der Waals surface area contributed by atoms with Gasteiger partial charge in [-0.1, -0.05) is 13.0 Å². The van der Waals surface area contributed by atoms with E-state index in [1.54, 1.807) is 18.5 Å². The molecule has 7 nitrogen and oxygen atoms in total. The normalized spacial score (nSPS) is 14.0. The number of nitriles is 1. The van der Waals surface area contributed by atoms with E-state index >= 15 is 0 Å². The predicted octanol–water partition coefficient (Wildman–Crippen LogP) is 2.69. The molecule has 1 aliphatic rings. The van der Waals surface area contributed by atoms with Crippen LogP contribution in [0, 0.1) is 11.3 Å². The number of pyridine rings is 2. The Balaban J connectivity index is 1.55. The molecule has 1 fully saturated rings. The third kappa shape index (κ3) is 3.62. The summed E-state index contributed by atoms with van der Waals surface area (Å²) < 4.78 is 0. The van der Waals surface area contributed by atoms with Crippen molar-refractivity contribution in [1.29, 1.82) is 5.26 Å². The van der Waals surface area contributed by atoms with E-state index in [9.17, 15) is 5.26 Å². The second-order valence-corrected chi connectivity index (χ2v) is 6.57. The van der Waals surface area contributed by atoms with E-state index in [4.69, 9.17) is 4.98 Å². The summed E-state index contributed by atoms with van der Waals surface area (Å²) in [5.74, 6) is 2.35. The molecule has 140 valence electrons. The van der Waals surface area contributed by atoms with Crippen LogP contribution in [0.2, 0.25) is 0 Å². The van der Waals surface area contributed by atoms with Crippen molar-refractivity contribution < 1.29 is 0 Å². The van der Waals surface area contributed by atoms with Gasteiger partial charge in [0.05, 0.1) is 5.56 Å². The number of aryl methyl sites for hydroxylation is 1. The van der Waals surface area contributed by atoms with Crippen LogP contribution in [-0.2, 0) is 6.42 Å². The van der Waals surface area contributed by atoms with Gasteiger partial charge < -0.3 is 9.80 Å². The van der Waals surface area contributed by atoms with Crippen LogP contribution < -0.4 is 9.80 Å². The van der Waals surface area contributed by atoms with Crippen molar-refractivity contribution in [1.82, 2.24) is 19.9 Å². The molecule has 3 aromatic heterocycles. The van der Waals surface area contributed by atoms with E-state index in [0.717, 1.165) is 55.6 Å². The first-order valence-corrected chi connectivity index (χ1v) is 9.43. The van der Waals surface area contributed by atoms with Gasteiger partial charge in [0, 0.05) is 50.3 Å². The molecule has 0 aliphatic carbocycles. The Bertz CT molecular complexity index is 989. The molecule has 1 aliphatic heterocycles. The van der Waals surface area contributed by atoms with Crippen LogP contribution >= 0.6 is 0 Å². The summed E-state index contributed by atoms with van der Waals surface area (Å²) in [5.41, 5.74) is 2.40. The number of nitrogens with zero attached hydrogens (tertiary/aromatic N) is 7. The Morgan fingerprint density at radius 2 is 1.75 bits per heavy atom. The highest BCUT2D eigenvalue weighted by atomic mass is 15.3. The minimum Gasteiger partial charge on any atom is -0.353 e. The molecular formula is C21H21N7. The number of piperazine rings is 1. The van der Waals surface area contributed by atoms with Crippen molar-refractivity contribution in [3.63, 3.8) is 0 Å². The molecule has 0 amide bonds. The highest BCUT2D eigenvalue weighted by Gasteiger charge is 2.22. The van der Waals surface area contributed by atoms with Crippen molar-refractivity contribution in [2.45, 2.75) is 13.3 Å². The lowest BCUT2D eigenvalue weighted by Crippen LogP contribution is -2.47. The van der Waals surface area contributed by atoms with E-state index in [0.29, 0.717) is 11.4 Å². The molecule has 28 heavy (non-hydrogen) atoms. The Morgan fingerprint density at radius 1 is 0.964 bits per heavy atom. The van der Waals surface area contributed by atoms with Crippen LogP contribution in [0.4, 0.5) is 11.6 Å². The molecule has 4 rings (SSSR count). The summed E-state index contributed by atoms with van der Waals surface area (Å²) in [4.78, 5) is 22.6. The van der Waals surface area contributed by atoms with Gasteiger partial charge in [-0.25, -0.2) is 15.0 Å². The number of rotatable bonds is 4. The summed E-state index contributed by atoms with van der Waals surface area (Å²) in [7, 11) is 0. The van der Waals surface area contributed by atoms with Crippen molar-refractivity contribution in [3.05, 3.63) is 60.0 Å². The molecule has 1 saturated heterocycles. The van der Waals surface area contributed by atoms with E-state index in [2.05, 4.69) is 43.8 Å². The lowest BCUT2D eigenvalue weighted by Gasteiger charge is -2.36. The van der Waals surface area contributed by atoms with Crippen LogP contribution in [0.15, 0.2) is 48.8 Å². The largest absolute Gasteiger partial charge is 0.353 e. The van der Waals surface area contributed by atoms with E-state index in [-0.39, 0.29) is 0 Å². The van der Waals surface area contributed by atoms with Gasteiger partial charge >= 0.3 is 0 Å². The molecule has 0 saturated carbocycles. The molecule has 0 atom stereocenters. The van der Waals surface area contributed by atoms with Gasteiger partial charge in [0.15, 0.2) is 5.82 Å². The van der Waals surface area contributed by atoms with Crippen LogP contribution in [0.1, 0.15) is 18.2 Å². The molecule has 0 spiro atoms. The standard InChI is InChI=1S/C21H21N7/c1-2-17-14-19(26-20(25-17)18-7-3-4-8-23-18)27-10-12-28(13-11-27)21-16(15-22)6-5-9-24-21/h3-9,14H,2,10-13H2,1H3. The smallest absolute Gasteiger partial charge is 0.180 e. The number of hydrogen-bond donors (Lipinski definition) is 0. The van der Waals surface area contributed by atoms with Gasteiger partial charge in [0.2, 0.25) is 0 Å². The average Bonchev–Trinajstić information content (AvgIpc) is 2.79. The third-order valence-electron chi connectivity index (χ3n) is 4.83. The first-order valence-electron chi connectivity index (χ1n) is 9.43. The molecule has 0 radical (unpaired) electrons. The van der Waals surface area contributed by atoms with E-state index < -0.39 is 0 Å². The Kier molecular flexibility index (Phi) is 5.11. The maximum absolute atomic E-state index is 9.33. The van der Waals surface area contributed by atoms with Crippen LogP contribution in [0.25, 0.3) is 11.5 Å². The summed E-state index contributed by atoms with van der Waals surface area (Å²) in [6.45, 7) is 5.29. The molecule has 7 heteroatoms. The zero-order valence-electron chi connectivity index (χ0n) is 15.8. The van der Waals surface area contributed by atoms with Gasteiger partial charge in [-0.2, -0.15) is 5.26 Å². The first kappa shape index (κ1) is 17.9. The van der Waals surface area contributed by atoms with Gasteiger partial charge in [0.25, 0.3) is 0 Å².